The highest BCUT2D eigenvalue weighted by Gasteiger charge is 2.17. The van der Waals surface area contributed by atoms with Crippen LogP contribution in [0.1, 0.15) is 49.7 Å². The van der Waals surface area contributed by atoms with Gasteiger partial charge in [-0.15, -0.1) is 0 Å². The molecule has 0 saturated heterocycles. The molecule has 5 heteroatoms. The van der Waals surface area contributed by atoms with Gasteiger partial charge < -0.3 is 10.4 Å². The van der Waals surface area contributed by atoms with Crippen LogP contribution in [0.25, 0.3) is 0 Å². The number of nitrogens with zero attached hydrogens (tertiary/aromatic N) is 1. The zero-order valence-electron chi connectivity index (χ0n) is 11.8. The Kier molecular flexibility index (Phi) is 5.76. The Balaban J connectivity index is 2.93. The van der Waals surface area contributed by atoms with E-state index in [0.717, 1.165) is 5.69 Å². The third kappa shape index (κ3) is 4.48. The summed E-state index contributed by atoms with van der Waals surface area (Å²) in [4.78, 5) is 16.3. The van der Waals surface area contributed by atoms with Crippen LogP contribution in [-0.4, -0.2) is 28.6 Å². The summed E-state index contributed by atoms with van der Waals surface area (Å²) in [6.45, 7) is 7.79. The van der Waals surface area contributed by atoms with Crippen molar-refractivity contribution in [1.82, 2.24) is 10.3 Å². The van der Waals surface area contributed by atoms with Crippen LogP contribution >= 0.6 is 11.6 Å². The van der Waals surface area contributed by atoms with Crippen molar-refractivity contribution in [3.05, 3.63) is 28.5 Å². The Morgan fingerprint density at radius 1 is 1.37 bits per heavy atom. The quantitative estimate of drug-likeness (QED) is 0.817. The number of carbonyl (C=O) groups is 1. The molecule has 106 valence electrons. The number of aliphatic hydroxyl groups excluding tert-OH is 1. The number of hydrogen-bond acceptors (Lipinski definition) is 3. The molecule has 0 aliphatic rings. The Morgan fingerprint density at radius 2 is 2.00 bits per heavy atom. The van der Waals surface area contributed by atoms with Gasteiger partial charge in [-0.25, -0.2) is 4.98 Å². The van der Waals surface area contributed by atoms with Crippen LogP contribution in [0.4, 0.5) is 0 Å². The predicted octanol–water partition coefficient (Wildman–Crippen LogP) is 2.61. The van der Waals surface area contributed by atoms with Crippen LogP contribution < -0.4 is 5.32 Å². The fourth-order valence-electron chi connectivity index (χ4n) is 1.62. The van der Waals surface area contributed by atoms with Gasteiger partial charge in [0.15, 0.2) is 0 Å². The van der Waals surface area contributed by atoms with Gasteiger partial charge in [0.05, 0.1) is 12.6 Å². The minimum Gasteiger partial charge on any atom is -0.394 e. The minimum absolute atomic E-state index is 0.0841. The van der Waals surface area contributed by atoms with Crippen molar-refractivity contribution in [2.24, 2.45) is 5.92 Å². The van der Waals surface area contributed by atoms with Crippen molar-refractivity contribution in [1.29, 1.82) is 0 Å². The van der Waals surface area contributed by atoms with E-state index in [1.165, 1.54) is 6.07 Å². The number of hydrogen-bond donors (Lipinski definition) is 2. The standard InChI is InChI=1S/C14H21ClN2O2/c1-8(2)11-5-10(6-13(15)16-11)14(19)17-12(7-18)9(3)4/h5-6,8-9,12,18H,7H2,1-4H3,(H,17,19)/t12-/m1/s1. The first kappa shape index (κ1) is 15.9. The van der Waals surface area contributed by atoms with E-state index in [1.54, 1.807) is 6.07 Å². The zero-order chi connectivity index (χ0) is 14.6. The molecule has 1 aromatic heterocycles. The highest BCUT2D eigenvalue weighted by molar-refractivity contribution is 6.29. The monoisotopic (exact) mass is 284 g/mol. The molecule has 1 rings (SSSR count). The van der Waals surface area contributed by atoms with Crippen molar-refractivity contribution in [2.75, 3.05) is 6.61 Å². The van der Waals surface area contributed by atoms with Gasteiger partial charge in [-0.3, -0.25) is 4.79 Å². The SMILES string of the molecule is CC(C)c1cc(C(=O)N[C@H](CO)C(C)C)cc(Cl)n1. The number of aliphatic hydroxyl groups is 1. The van der Waals surface area contributed by atoms with E-state index >= 15 is 0 Å². The lowest BCUT2D eigenvalue weighted by Gasteiger charge is -2.20. The predicted molar refractivity (Wildman–Crippen MR) is 76.5 cm³/mol. The summed E-state index contributed by atoms with van der Waals surface area (Å²) in [7, 11) is 0. The molecule has 0 unspecified atom stereocenters. The Labute approximate surface area is 119 Å². The summed E-state index contributed by atoms with van der Waals surface area (Å²) in [5.74, 6) is 0.124. The van der Waals surface area contributed by atoms with Crippen molar-refractivity contribution in [2.45, 2.75) is 39.7 Å². The van der Waals surface area contributed by atoms with Crippen LogP contribution in [0.5, 0.6) is 0 Å². The molecule has 0 aromatic carbocycles. The third-order valence-corrected chi connectivity index (χ3v) is 3.18. The van der Waals surface area contributed by atoms with Crippen LogP contribution in [0.2, 0.25) is 5.15 Å². The summed E-state index contributed by atoms with van der Waals surface area (Å²) in [5.41, 5.74) is 1.26. The molecule has 0 radical (unpaired) electrons. The molecule has 0 bridgehead atoms. The molecule has 1 heterocycles. The number of carbonyl (C=O) groups excluding carboxylic acids is 1. The van der Waals surface area contributed by atoms with Crippen LogP contribution in [0, 0.1) is 5.92 Å². The first-order chi connectivity index (χ1) is 8.85. The number of pyridine rings is 1. The molecule has 1 amide bonds. The molecular weight excluding hydrogens is 264 g/mol. The summed E-state index contributed by atoms with van der Waals surface area (Å²) >= 11 is 5.93. The van der Waals surface area contributed by atoms with E-state index < -0.39 is 0 Å². The lowest BCUT2D eigenvalue weighted by Crippen LogP contribution is -2.41. The molecule has 19 heavy (non-hydrogen) atoms. The highest BCUT2D eigenvalue weighted by Crippen LogP contribution is 2.18. The van der Waals surface area contributed by atoms with Crippen LogP contribution in [-0.2, 0) is 0 Å². The van der Waals surface area contributed by atoms with E-state index in [1.807, 2.05) is 27.7 Å². The molecule has 4 nitrogen and oxygen atoms in total. The molecule has 0 spiro atoms. The average Bonchev–Trinajstić information content (AvgIpc) is 2.34. The van der Waals surface area contributed by atoms with Crippen LogP contribution in [0.15, 0.2) is 12.1 Å². The zero-order valence-corrected chi connectivity index (χ0v) is 12.5. The lowest BCUT2D eigenvalue weighted by molar-refractivity contribution is 0.0896. The normalized spacial score (nSPS) is 12.8. The average molecular weight is 285 g/mol. The van der Waals surface area contributed by atoms with E-state index in [0.29, 0.717) is 10.7 Å². The number of amides is 1. The van der Waals surface area contributed by atoms with Crippen molar-refractivity contribution < 1.29 is 9.90 Å². The number of nitrogens with one attached hydrogen (secondary N) is 1. The largest absolute Gasteiger partial charge is 0.394 e. The Bertz CT molecular complexity index is 447. The van der Waals surface area contributed by atoms with E-state index in [9.17, 15) is 9.90 Å². The van der Waals surface area contributed by atoms with Gasteiger partial charge >= 0.3 is 0 Å². The van der Waals surface area contributed by atoms with E-state index in [4.69, 9.17) is 11.6 Å². The first-order valence-corrected chi connectivity index (χ1v) is 6.82. The molecule has 0 aliphatic heterocycles. The Hall–Kier alpha value is -1.13. The second-order valence-electron chi connectivity index (χ2n) is 5.26. The first-order valence-electron chi connectivity index (χ1n) is 6.44. The van der Waals surface area contributed by atoms with Gasteiger partial charge in [0.2, 0.25) is 0 Å². The van der Waals surface area contributed by atoms with Gasteiger partial charge in [-0.05, 0) is 24.0 Å². The molecule has 0 saturated carbocycles. The molecule has 1 aromatic rings. The summed E-state index contributed by atoms with van der Waals surface area (Å²) < 4.78 is 0. The molecular formula is C14H21ClN2O2. The van der Waals surface area contributed by atoms with Gasteiger partial charge in [0, 0.05) is 11.3 Å². The second-order valence-corrected chi connectivity index (χ2v) is 5.65. The second kappa shape index (κ2) is 6.87. The smallest absolute Gasteiger partial charge is 0.251 e. The maximum atomic E-state index is 12.1. The van der Waals surface area contributed by atoms with E-state index in [-0.39, 0.29) is 30.4 Å². The van der Waals surface area contributed by atoms with Crippen LogP contribution in [0.3, 0.4) is 0 Å². The lowest BCUT2D eigenvalue weighted by atomic mass is 10.0. The molecule has 1 atom stereocenters. The minimum atomic E-state index is -0.262. The maximum Gasteiger partial charge on any atom is 0.251 e. The number of halogens is 1. The molecule has 0 aliphatic carbocycles. The van der Waals surface area contributed by atoms with Gasteiger partial charge in [0.1, 0.15) is 5.15 Å². The third-order valence-electron chi connectivity index (χ3n) is 2.99. The highest BCUT2D eigenvalue weighted by atomic mass is 35.5. The fraction of sp³-hybridized carbons (Fsp3) is 0.571. The summed E-state index contributed by atoms with van der Waals surface area (Å²) in [6.07, 6.45) is 0. The molecule has 0 fully saturated rings. The summed E-state index contributed by atoms with van der Waals surface area (Å²) in [5, 5.41) is 12.3. The number of aromatic nitrogens is 1. The Morgan fingerprint density at radius 3 is 2.47 bits per heavy atom. The van der Waals surface area contributed by atoms with Gasteiger partial charge in [0.25, 0.3) is 5.91 Å². The van der Waals surface area contributed by atoms with Crippen molar-refractivity contribution >= 4 is 17.5 Å². The fourth-order valence-corrected chi connectivity index (χ4v) is 1.83. The van der Waals surface area contributed by atoms with Crippen molar-refractivity contribution in [3.8, 4) is 0 Å². The topological polar surface area (TPSA) is 62.2 Å². The number of rotatable bonds is 5. The van der Waals surface area contributed by atoms with Crippen molar-refractivity contribution in [3.63, 3.8) is 0 Å². The summed E-state index contributed by atoms with van der Waals surface area (Å²) in [6, 6.07) is 3.01. The van der Waals surface area contributed by atoms with Gasteiger partial charge in [-0.1, -0.05) is 39.3 Å². The maximum absolute atomic E-state index is 12.1. The van der Waals surface area contributed by atoms with E-state index in [2.05, 4.69) is 10.3 Å². The molecule has 2 N–H and O–H groups in total. The van der Waals surface area contributed by atoms with Gasteiger partial charge in [-0.2, -0.15) is 0 Å².